The Balaban J connectivity index is 1.22. The third-order valence-electron chi connectivity index (χ3n) is 9.37. The Morgan fingerprint density at radius 1 is 1.02 bits per heavy atom. The van der Waals surface area contributed by atoms with E-state index in [4.69, 9.17) is 4.98 Å². The maximum Gasteiger partial charge on any atom is 0.260 e. The molecule has 2 aromatic heterocycles. The van der Waals surface area contributed by atoms with Crippen LogP contribution in [0.5, 0.6) is 0 Å². The number of aryl methyl sites for hydroxylation is 1. The molecule has 2 aromatic carbocycles. The van der Waals surface area contributed by atoms with Crippen molar-refractivity contribution in [1.29, 1.82) is 5.26 Å². The van der Waals surface area contributed by atoms with Crippen LogP contribution in [-0.4, -0.2) is 31.2 Å². The summed E-state index contributed by atoms with van der Waals surface area (Å²) in [5, 5.41) is 21.7. The molecular weight excluding hydrogens is 522 g/mol. The molecule has 0 unspecified atom stereocenters. The molecule has 1 N–H and O–H groups in total. The van der Waals surface area contributed by atoms with E-state index in [1.54, 1.807) is 11.2 Å². The quantitative estimate of drug-likeness (QED) is 0.280. The zero-order valence-corrected chi connectivity index (χ0v) is 24.4. The van der Waals surface area contributed by atoms with Gasteiger partial charge in [0.05, 0.1) is 18.2 Å². The minimum absolute atomic E-state index is 0.00940. The van der Waals surface area contributed by atoms with E-state index in [9.17, 15) is 10.1 Å². The highest BCUT2D eigenvalue weighted by molar-refractivity contribution is 6.10. The lowest BCUT2D eigenvalue weighted by Crippen LogP contribution is -2.48. The molecule has 1 aliphatic heterocycles. The van der Waals surface area contributed by atoms with Crippen molar-refractivity contribution in [3.8, 4) is 28.6 Å². The van der Waals surface area contributed by atoms with Gasteiger partial charge in [0.25, 0.3) is 5.91 Å². The van der Waals surface area contributed by atoms with E-state index in [0.717, 1.165) is 58.5 Å². The van der Waals surface area contributed by atoms with E-state index in [0.29, 0.717) is 35.6 Å². The number of anilines is 1. The molecule has 8 heteroatoms. The van der Waals surface area contributed by atoms with Crippen LogP contribution >= 0.6 is 0 Å². The van der Waals surface area contributed by atoms with Crippen molar-refractivity contribution in [2.45, 2.75) is 70.5 Å². The van der Waals surface area contributed by atoms with Gasteiger partial charge in [-0.05, 0) is 98.0 Å². The fourth-order valence-electron chi connectivity index (χ4n) is 6.24. The summed E-state index contributed by atoms with van der Waals surface area (Å²) in [5.41, 5.74) is 7.27. The summed E-state index contributed by atoms with van der Waals surface area (Å²) < 4.78 is 1.85. The van der Waals surface area contributed by atoms with Crippen LogP contribution in [-0.2, 0) is 20.1 Å². The van der Waals surface area contributed by atoms with Gasteiger partial charge < -0.3 is 9.88 Å². The van der Waals surface area contributed by atoms with Crippen molar-refractivity contribution < 1.29 is 4.79 Å². The van der Waals surface area contributed by atoms with Crippen molar-refractivity contribution in [1.82, 2.24) is 25.1 Å². The lowest BCUT2D eigenvalue weighted by atomic mass is 9.72. The lowest BCUT2D eigenvalue weighted by molar-refractivity contribution is 0.0996. The summed E-state index contributed by atoms with van der Waals surface area (Å²) in [6.07, 6.45) is 7.75. The predicted octanol–water partition coefficient (Wildman–Crippen LogP) is 6.12. The molecule has 212 valence electrons. The maximum atomic E-state index is 13.8. The first kappa shape index (κ1) is 26.5. The number of nitrogens with zero attached hydrogens (tertiary/aromatic N) is 6. The number of nitriles is 1. The fraction of sp³-hybridized carbons (Fsp3) is 0.382. The molecule has 2 fully saturated rings. The second-order valence-electron chi connectivity index (χ2n) is 12.6. The monoisotopic (exact) mass is 557 g/mol. The first-order valence-electron chi connectivity index (χ1n) is 14.9. The van der Waals surface area contributed by atoms with Crippen LogP contribution in [0.1, 0.15) is 84.6 Å². The molecule has 3 aliphatic rings. The van der Waals surface area contributed by atoms with E-state index in [1.165, 1.54) is 19.3 Å². The summed E-state index contributed by atoms with van der Waals surface area (Å²) in [5.74, 6) is 2.45. The van der Waals surface area contributed by atoms with Gasteiger partial charge in [-0.1, -0.05) is 24.6 Å². The number of fused-ring (bicyclic) bond motifs is 1. The molecule has 8 nitrogen and oxygen atoms in total. The van der Waals surface area contributed by atoms with E-state index in [-0.39, 0.29) is 11.4 Å². The zero-order valence-electron chi connectivity index (χ0n) is 24.4. The molecule has 42 heavy (non-hydrogen) atoms. The molecule has 2 saturated carbocycles. The number of carbonyl (C=O) groups excluding carboxylic acids is 1. The number of carbonyl (C=O) groups is 1. The summed E-state index contributed by atoms with van der Waals surface area (Å²) in [6, 6.07) is 18.3. The molecule has 2 aliphatic carbocycles. The summed E-state index contributed by atoms with van der Waals surface area (Å²) in [6.45, 7) is 5.82. The van der Waals surface area contributed by atoms with Crippen molar-refractivity contribution in [2.24, 2.45) is 13.0 Å². The van der Waals surface area contributed by atoms with Crippen LogP contribution in [0.3, 0.4) is 0 Å². The van der Waals surface area contributed by atoms with E-state index in [1.807, 2.05) is 35.9 Å². The van der Waals surface area contributed by atoms with Crippen molar-refractivity contribution in [3.63, 3.8) is 0 Å². The minimum atomic E-state index is -0.00940. The Bertz CT molecular complexity index is 1740. The SMILES string of the molecule is Cn1cnnc1-c1cc(C#N)ccc1-c1cc(C2CC2)nc(N2Cc3ccc(CNC(C)(C)C4CCC4)cc3C2=O)c1. The number of hydrogen-bond acceptors (Lipinski definition) is 6. The normalized spacial score (nSPS) is 16.8. The Hall–Kier alpha value is -4.35. The number of aromatic nitrogens is 4. The molecule has 4 aromatic rings. The number of benzene rings is 2. The second kappa shape index (κ2) is 10.2. The van der Waals surface area contributed by atoms with Gasteiger partial charge in [0, 0.05) is 41.9 Å². The predicted molar refractivity (Wildman–Crippen MR) is 162 cm³/mol. The van der Waals surface area contributed by atoms with Crippen molar-refractivity contribution >= 4 is 11.7 Å². The Morgan fingerprint density at radius 2 is 1.86 bits per heavy atom. The van der Waals surface area contributed by atoms with Gasteiger partial charge in [0.2, 0.25) is 0 Å². The van der Waals surface area contributed by atoms with E-state index in [2.05, 4.69) is 59.7 Å². The molecule has 1 amide bonds. The maximum absolute atomic E-state index is 13.8. The molecule has 0 saturated heterocycles. The summed E-state index contributed by atoms with van der Waals surface area (Å²) in [4.78, 5) is 20.7. The first-order valence-corrected chi connectivity index (χ1v) is 14.9. The number of hydrogen-bond donors (Lipinski definition) is 1. The van der Waals surface area contributed by atoms with Crippen LogP contribution in [0.25, 0.3) is 22.5 Å². The van der Waals surface area contributed by atoms with Gasteiger partial charge in [0.15, 0.2) is 5.82 Å². The smallest absolute Gasteiger partial charge is 0.260 e. The summed E-state index contributed by atoms with van der Waals surface area (Å²) in [7, 11) is 1.89. The lowest BCUT2D eigenvalue weighted by Gasteiger charge is -2.41. The fourth-order valence-corrected chi connectivity index (χ4v) is 6.24. The average Bonchev–Trinajstić information content (AvgIpc) is 3.65. The number of amides is 1. The van der Waals surface area contributed by atoms with Crippen LogP contribution in [0.2, 0.25) is 0 Å². The van der Waals surface area contributed by atoms with E-state index >= 15 is 0 Å². The van der Waals surface area contributed by atoms with Crippen LogP contribution in [0.15, 0.2) is 54.9 Å². The van der Waals surface area contributed by atoms with Gasteiger partial charge in [0.1, 0.15) is 12.1 Å². The Morgan fingerprint density at radius 3 is 2.55 bits per heavy atom. The number of nitrogens with one attached hydrogen (secondary N) is 1. The van der Waals surface area contributed by atoms with Crippen LogP contribution in [0, 0.1) is 17.2 Å². The minimum Gasteiger partial charge on any atom is -0.317 e. The van der Waals surface area contributed by atoms with Crippen molar-refractivity contribution in [3.05, 3.63) is 82.8 Å². The highest BCUT2D eigenvalue weighted by atomic mass is 16.2. The Labute approximate surface area is 246 Å². The van der Waals surface area contributed by atoms with Gasteiger partial charge in [-0.3, -0.25) is 9.69 Å². The van der Waals surface area contributed by atoms with Gasteiger partial charge in [-0.25, -0.2) is 4.98 Å². The standard InChI is InChI=1S/C34H35N7O/c1-34(2,26-5-4-6-26)36-18-22-7-9-24-19-41(33(42)28(24)14-22)31-16-25(15-30(38-31)23-10-11-23)27-12-8-21(17-35)13-29(27)32-39-37-20-40(32)3/h7-9,12-16,20,23,26,36H,4-6,10-11,18-19H2,1-3H3. The molecule has 0 radical (unpaired) electrons. The molecule has 3 heterocycles. The molecular formula is C34H35N7O. The third-order valence-corrected chi connectivity index (χ3v) is 9.37. The topological polar surface area (TPSA) is 99.7 Å². The largest absolute Gasteiger partial charge is 0.317 e. The molecule has 7 rings (SSSR count). The molecule has 0 spiro atoms. The van der Waals surface area contributed by atoms with Crippen LogP contribution < -0.4 is 10.2 Å². The molecule has 0 atom stereocenters. The van der Waals surface area contributed by atoms with Gasteiger partial charge >= 0.3 is 0 Å². The van der Waals surface area contributed by atoms with Crippen LogP contribution in [0.4, 0.5) is 5.82 Å². The summed E-state index contributed by atoms with van der Waals surface area (Å²) >= 11 is 0. The van der Waals surface area contributed by atoms with Gasteiger partial charge in [-0.2, -0.15) is 5.26 Å². The highest BCUT2D eigenvalue weighted by Gasteiger charge is 2.35. The van der Waals surface area contributed by atoms with Gasteiger partial charge in [-0.15, -0.1) is 10.2 Å². The highest BCUT2D eigenvalue weighted by Crippen LogP contribution is 2.43. The zero-order chi connectivity index (χ0) is 29.0. The Kier molecular flexibility index (Phi) is 6.43. The van der Waals surface area contributed by atoms with E-state index < -0.39 is 0 Å². The second-order valence-corrected chi connectivity index (χ2v) is 12.6. The molecule has 0 bridgehead atoms. The first-order chi connectivity index (χ1) is 20.3. The number of pyridine rings is 1. The average molecular weight is 558 g/mol. The third kappa shape index (κ3) is 4.78. The number of rotatable bonds is 8. The van der Waals surface area contributed by atoms with Crippen molar-refractivity contribution in [2.75, 3.05) is 4.90 Å².